The Morgan fingerprint density at radius 3 is 2.68 bits per heavy atom. The molecule has 2 heterocycles. The van der Waals surface area contributed by atoms with Crippen LogP contribution in [0.25, 0.3) is 10.9 Å². The Labute approximate surface area is 181 Å². The quantitative estimate of drug-likeness (QED) is 0.635. The number of hydrogen-bond donors (Lipinski definition) is 1. The summed E-state index contributed by atoms with van der Waals surface area (Å²) in [7, 11) is 3.13. The molecule has 7 nitrogen and oxygen atoms in total. The van der Waals surface area contributed by atoms with Crippen molar-refractivity contribution in [2.45, 2.75) is 26.4 Å². The second-order valence-corrected chi connectivity index (χ2v) is 7.60. The van der Waals surface area contributed by atoms with E-state index in [9.17, 15) is 9.59 Å². The van der Waals surface area contributed by atoms with Gasteiger partial charge in [-0.15, -0.1) is 0 Å². The summed E-state index contributed by atoms with van der Waals surface area (Å²) >= 11 is 0. The Balaban J connectivity index is 1.46. The van der Waals surface area contributed by atoms with Crippen molar-refractivity contribution >= 4 is 28.4 Å². The van der Waals surface area contributed by atoms with Gasteiger partial charge in [-0.3, -0.25) is 9.59 Å². The zero-order valence-corrected chi connectivity index (χ0v) is 18.1. The van der Waals surface area contributed by atoms with Crippen LogP contribution in [0.3, 0.4) is 0 Å². The molecular formula is C24H27N3O4. The summed E-state index contributed by atoms with van der Waals surface area (Å²) in [5, 5.41) is 4.18. The van der Waals surface area contributed by atoms with E-state index in [2.05, 4.69) is 35.0 Å². The second-order valence-electron chi connectivity index (χ2n) is 7.60. The van der Waals surface area contributed by atoms with Crippen LogP contribution in [0, 0.1) is 5.92 Å². The Morgan fingerprint density at radius 2 is 1.94 bits per heavy atom. The van der Waals surface area contributed by atoms with Crippen LogP contribution in [-0.4, -0.2) is 37.1 Å². The largest absolute Gasteiger partial charge is 0.497 e. The van der Waals surface area contributed by atoms with Crippen LogP contribution in [0.5, 0.6) is 11.5 Å². The van der Waals surface area contributed by atoms with E-state index in [0.717, 1.165) is 23.1 Å². The molecule has 31 heavy (non-hydrogen) atoms. The van der Waals surface area contributed by atoms with Gasteiger partial charge in [0.1, 0.15) is 11.5 Å². The van der Waals surface area contributed by atoms with Crippen LogP contribution in [0.4, 0.5) is 5.69 Å². The smallest absolute Gasteiger partial charge is 0.227 e. The van der Waals surface area contributed by atoms with Crippen molar-refractivity contribution in [2.75, 3.05) is 25.7 Å². The lowest BCUT2D eigenvalue weighted by Crippen LogP contribution is -2.33. The molecule has 0 saturated carbocycles. The first-order valence-electron chi connectivity index (χ1n) is 10.4. The summed E-state index contributed by atoms with van der Waals surface area (Å²) in [5.41, 5.74) is 2.85. The normalized spacial score (nSPS) is 16.0. The Hall–Kier alpha value is -3.48. The molecule has 2 amide bonds. The maximum atomic E-state index is 12.9. The van der Waals surface area contributed by atoms with Crippen LogP contribution in [-0.2, 0) is 22.7 Å². The third-order valence-corrected chi connectivity index (χ3v) is 5.83. The number of para-hydroxylation sites is 1. The molecule has 0 aliphatic carbocycles. The summed E-state index contributed by atoms with van der Waals surface area (Å²) in [5.74, 6) is 0.579. The highest BCUT2D eigenvalue weighted by Crippen LogP contribution is 2.35. The minimum Gasteiger partial charge on any atom is -0.497 e. The summed E-state index contributed by atoms with van der Waals surface area (Å²) in [4.78, 5) is 27.1. The first-order chi connectivity index (χ1) is 15.0. The summed E-state index contributed by atoms with van der Waals surface area (Å²) in [6, 6.07) is 15.6. The number of rotatable bonds is 7. The molecule has 0 bridgehead atoms. The molecule has 1 fully saturated rings. The average Bonchev–Trinajstić information content (AvgIpc) is 3.36. The van der Waals surface area contributed by atoms with Crippen molar-refractivity contribution in [2.24, 2.45) is 5.92 Å². The van der Waals surface area contributed by atoms with E-state index in [-0.39, 0.29) is 18.2 Å². The van der Waals surface area contributed by atoms with Gasteiger partial charge in [0.25, 0.3) is 0 Å². The molecule has 1 unspecified atom stereocenters. The summed E-state index contributed by atoms with van der Waals surface area (Å²) < 4.78 is 12.9. The number of aryl methyl sites for hydroxylation is 1. The molecular weight excluding hydrogens is 394 g/mol. The van der Waals surface area contributed by atoms with Crippen molar-refractivity contribution < 1.29 is 19.1 Å². The molecule has 1 aliphatic heterocycles. The van der Waals surface area contributed by atoms with Gasteiger partial charge in [-0.2, -0.15) is 0 Å². The predicted molar refractivity (Wildman–Crippen MR) is 119 cm³/mol. The third kappa shape index (κ3) is 3.95. The van der Waals surface area contributed by atoms with Gasteiger partial charge >= 0.3 is 0 Å². The SMILES string of the molecule is CCn1c(CNC(=O)C2CC(=O)N(c3ccc(OC)cc3OC)C2)cc2ccccc21. The van der Waals surface area contributed by atoms with E-state index >= 15 is 0 Å². The number of benzene rings is 2. The number of nitrogens with one attached hydrogen (secondary N) is 1. The van der Waals surface area contributed by atoms with Crippen LogP contribution in [0.15, 0.2) is 48.5 Å². The lowest BCUT2D eigenvalue weighted by Gasteiger charge is -2.20. The van der Waals surface area contributed by atoms with E-state index < -0.39 is 5.92 Å². The second kappa shape index (κ2) is 8.71. The molecule has 4 rings (SSSR count). The molecule has 7 heteroatoms. The zero-order valence-electron chi connectivity index (χ0n) is 18.1. The maximum Gasteiger partial charge on any atom is 0.227 e. The van der Waals surface area contributed by atoms with Gasteiger partial charge in [-0.05, 0) is 36.6 Å². The monoisotopic (exact) mass is 421 g/mol. The molecule has 2 aromatic carbocycles. The van der Waals surface area contributed by atoms with E-state index in [1.165, 1.54) is 0 Å². The first kappa shape index (κ1) is 20.8. The van der Waals surface area contributed by atoms with E-state index in [1.807, 2.05) is 12.1 Å². The van der Waals surface area contributed by atoms with Gasteiger partial charge in [0.2, 0.25) is 11.8 Å². The fraction of sp³-hybridized carbons (Fsp3) is 0.333. The number of anilines is 1. The zero-order chi connectivity index (χ0) is 22.0. The van der Waals surface area contributed by atoms with Crippen LogP contribution >= 0.6 is 0 Å². The predicted octanol–water partition coefficient (Wildman–Crippen LogP) is 3.35. The third-order valence-electron chi connectivity index (χ3n) is 5.83. The minimum absolute atomic E-state index is 0.0914. The Bertz CT molecular complexity index is 1120. The highest BCUT2D eigenvalue weighted by molar-refractivity contribution is 6.01. The number of ether oxygens (including phenoxy) is 2. The lowest BCUT2D eigenvalue weighted by molar-refractivity contribution is -0.126. The Morgan fingerprint density at radius 1 is 1.13 bits per heavy atom. The molecule has 1 saturated heterocycles. The van der Waals surface area contributed by atoms with Gasteiger partial charge in [0.15, 0.2) is 0 Å². The van der Waals surface area contributed by atoms with E-state index in [1.54, 1.807) is 37.3 Å². The Kier molecular flexibility index (Phi) is 5.84. The van der Waals surface area contributed by atoms with Crippen LogP contribution < -0.4 is 19.7 Å². The molecule has 1 atom stereocenters. The number of fused-ring (bicyclic) bond motifs is 1. The van der Waals surface area contributed by atoms with Crippen molar-refractivity contribution in [3.8, 4) is 11.5 Å². The van der Waals surface area contributed by atoms with Gasteiger partial charge in [0.05, 0.1) is 32.4 Å². The number of aromatic nitrogens is 1. The van der Waals surface area contributed by atoms with Crippen molar-refractivity contribution in [3.05, 3.63) is 54.2 Å². The molecule has 162 valence electrons. The highest BCUT2D eigenvalue weighted by atomic mass is 16.5. The van der Waals surface area contributed by atoms with Gasteiger partial charge < -0.3 is 24.3 Å². The number of methoxy groups -OCH3 is 2. The molecule has 1 aromatic heterocycles. The van der Waals surface area contributed by atoms with Crippen molar-refractivity contribution in [1.29, 1.82) is 0 Å². The number of carbonyl (C=O) groups is 2. The van der Waals surface area contributed by atoms with Gasteiger partial charge in [-0.25, -0.2) is 0 Å². The van der Waals surface area contributed by atoms with Gasteiger partial charge in [0, 0.05) is 36.8 Å². The molecule has 1 aliphatic rings. The first-order valence-corrected chi connectivity index (χ1v) is 10.4. The van der Waals surface area contributed by atoms with Crippen LogP contribution in [0.1, 0.15) is 19.0 Å². The minimum atomic E-state index is -0.404. The molecule has 0 spiro atoms. The highest BCUT2D eigenvalue weighted by Gasteiger charge is 2.36. The number of amides is 2. The molecule has 3 aromatic rings. The fourth-order valence-electron chi connectivity index (χ4n) is 4.23. The molecule has 0 radical (unpaired) electrons. The fourth-order valence-corrected chi connectivity index (χ4v) is 4.23. The summed E-state index contributed by atoms with van der Waals surface area (Å²) in [6.07, 6.45) is 0.178. The van der Waals surface area contributed by atoms with Crippen molar-refractivity contribution in [1.82, 2.24) is 9.88 Å². The number of nitrogens with zero attached hydrogens (tertiary/aromatic N) is 2. The topological polar surface area (TPSA) is 72.8 Å². The lowest BCUT2D eigenvalue weighted by atomic mass is 10.1. The molecule has 1 N–H and O–H groups in total. The summed E-state index contributed by atoms with van der Waals surface area (Å²) in [6.45, 7) is 3.67. The van der Waals surface area contributed by atoms with E-state index in [0.29, 0.717) is 30.3 Å². The standard InChI is InChI=1S/C24H27N3O4/c1-4-26-18(11-16-7-5-6-8-20(16)26)14-25-24(29)17-12-23(28)27(15-17)21-10-9-19(30-2)13-22(21)31-3/h5-11,13,17H,4,12,14-15H2,1-3H3,(H,25,29). The number of hydrogen-bond acceptors (Lipinski definition) is 4. The van der Waals surface area contributed by atoms with Crippen LogP contribution in [0.2, 0.25) is 0 Å². The average molecular weight is 421 g/mol. The number of carbonyl (C=O) groups excluding carboxylic acids is 2. The maximum absolute atomic E-state index is 12.9. The van der Waals surface area contributed by atoms with Crippen molar-refractivity contribution in [3.63, 3.8) is 0 Å². The van der Waals surface area contributed by atoms with Gasteiger partial charge in [-0.1, -0.05) is 18.2 Å². The van der Waals surface area contributed by atoms with E-state index in [4.69, 9.17) is 9.47 Å².